The van der Waals surface area contributed by atoms with E-state index in [4.69, 9.17) is 14.5 Å². The lowest BCUT2D eigenvalue weighted by molar-refractivity contribution is -0.129. The smallest absolute Gasteiger partial charge is 0.287 e. The summed E-state index contributed by atoms with van der Waals surface area (Å²) in [6.45, 7) is 2.28. The molecule has 3 aliphatic rings. The number of fused-ring (bicyclic) bond motifs is 4. The number of aliphatic hydroxyl groups is 1. The number of rotatable bonds is 4. The number of nitrogens with zero attached hydrogens (tertiary/aromatic N) is 5. The van der Waals surface area contributed by atoms with E-state index in [2.05, 4.69) is 23.2 Å². The first-order valence-electron chi connectivity index (χ1n) is 10.7. The quantitative estimate of drug-likeness (QED) is 0.669. The second kappa shape index (κ2) is 7.22. The van der Waals surface area contributed by atoms with E-state index in [-0.39, 0.29) is 24.5 Å². The van der Waals surface area contributed by atoms with Crippen LogP contribution in [0, 0.1) is 5.92 Å². The number of carbonyl (C=O) groups excluding carboxylic acids is 1. The number of benzene rings is 1. The van der Waals surface area contributed by atoms with Crippen molar-refractivity contribution in [3.8, 4) is 22.3 Å². The molecular weight excluding hydrogens is 414 g/mol. The predicted molar refractivity (Wildman–Crippen MR) is 114 cm³/mol. The predicted octanol–water partition coefficient (Wildman–Crippen LogP) is 2.29. The van der Waals surface area contributed by atoms with E-state index in [0.29, 0.717) is 24.7 Å². The van der Waals surface area contributed by atoms with Gasteiger partial charge in [0, 0.05) is 42.9 Å². The van der Waals surface area contributed by atoms with Crippen LogP contribution in [0.15, 0.2) is 22.7 Å². The number of hydrogen-bond acceptors (Lipinski definition) is 8. The number of hydrogen-bond donors (Lipinski definition) is 1. The van der Waals surface area contributed by atoms with Crippen molar-refractivity contribution in [2.24, 2.45) is 5.92 Å². The van der Waals surface area contributed by atoms with Crippen LogP contribution in [-0.2, 0) is 24.2 Å². The third-order valence-electron chi connectivity index (χ3n) is 6.65. The molecule has 0 unspecified atom stereocenters. The van der Waals surface area contributed by atoms with E-state index >= 15 is 0 Å². The van der Waals surface area contributed by atoms with Gasteiger partial charge in [0.05, 0.1) is 18.3 Å². The molecule has 1 aromatic carbocycles. The Kier molecular flexibility index (Phi) is 4.45. The third-order valence-corrected chi connectivity index (χ3v) is 7.72. The first-order chi connectivity index (χ1) is 15.1. The molecule has 1 saturated heterocycles. The maximum atomic E-state index is 12.4. The fraction of sp³-hybridized carbons (Fsp3) is 0.455. The molecule has 8 nitrogen and oxygen atoms in total. The van der Waals surface area contributed by atoms with Crippen molar-refractivity contribution in [2.45, 2.75) is 31.8 Å². The molecule has 4 heterocycles. The van der Waals surface area contributed by atoms with Gasteiger partial charge in [0.15, 0.2) is 5.01 Å². The lowest BCUT2D eigenvalue weighted by Crippen LogP contribution is -2.30. The van der Waals surface area contributed by atoms with Crippen LogP contribution in [0.2, 0.25) is 0 Å². The minimum atomic E-state index is -0.0221. The highest BCUT2D eigenvalue weighted by atomic mass is 32.1. The van der Waals surface area contributed by atoms with Crippen molar-refractivity contribution in [1.29, 1.82) is 0 Å². The second-order valence-corrected chi connectivity index (χ2v) is 9.68. The van der Waals surface area contributed by atoms with Crippen LogP contribution in [0.25, 0.3) is 22.3 Å². The summed E-state index contributed by atoms with van der Waals surface area (Å²) in [7, 11) is 2.12. The third kappa shape index (κ3) is 3.02. The van der Waals surface area contributed by atoms with Gasteiger partial charge in [-0.2, -0.15) is 4.98 Å². The molecule has 3 aromatic rings. The molecule has 2 aromatic heterocycles. The monoisotopic (exact) mass is 437 g/mol. The fourth-order valence-electron chi connectivity index (χ4n) is 5.26. The van der Waals surface area contributed by atoms with Gasteiger partial charge in [-0.3, -0.25) is 4.79 Å². The molecule has 6 rings (SSSR count). The molecular formula is C22H23N5O3S. The summed E-state index contributed by atoms with van der Waals surface area (Å²) < 4.78 is 5.62. The lowest BCUT2D eigenvalue weighted by atomic mass is 10.0. The summed E-state index contributed by atoms with van der Waals surface area (Å²) in [5.41, 5.74) is 4.42. The Hall–Kier alpha value is -2.62. The minimum absolute atomic E-state index is 0.0221. The maximum Gasteiger partial charge on any atom is 0.287 e. The standard InChI is InChI=1S/C22H23N5O3S/c1-26-6-5-16-17(11-26)31-22(23-16)21-24-20(25-30-21)14-4-2-3-13-15(14)9-12-10-18(29)27(7-8-28)19(12)13/h2-4,12,19,28H,5-11H2,1H3/t12-,19+/m1/s1. The van der Waals surface area contributed by atoms with Crippen molar-refractivity contribution in [1.82, 2.24) is 24.9 Å². The normalized spacial score (nSPS) is 22.6. The largest absolute Gasteiger partial charge is 0.395 e. The number of aliphatic hydroxyl groups excluding tert-OH is 1. The highest BCUT2D eigenvalue weighted by Crippen LogP contribution is 2.49. The van der Waals surface area contributed by atoms with Gasteiger partial charge in [-0.1, -0.05) is 23.4 Å². The molecule has 1 fully saturated rings. The highest BCUT2D eigenvalue weighted by Gasteiger charge is 2.46. The first-order valence-corrected chi connectivity index (χ1v) is 11.5. The summed E-state index contributed by atoms with van der Waals surface area (Å²) in [6.07, 6.45) is 2.28. The van der Waals surface area contributed by atoms with Gasteiger partial charge < -0.3 is 19.4 Å². The molecule has 2 aliphatic heterocycles. The van der Waals surface area contributed by atoms with Crippen molar-refractivity contribution in [3.05, 3.63) is 39.9 Å². The average molecular weight is 438 g/mol. The molecule has 9 heteroatoms. The summed E-state index contributed by atoms with van der Waals surface area (Å²) >= 11 is 1.63. The van der Waals surface area contributed by atoms with Gasteiger partial charge in [0.2, 0.25) is 11.7 Å². The van der Waals surface area contributed by atoms with Gasteiger partial charge in [0.25, 0.3) is 5.89 Å². The van der Waals surface area contributed by atoms with E-state index in [0.717, 1.165) is 47.8 Å². The Balaban J connectivity index is 1.34. The lowest BCUT2D eigenvalue weighted by Gasteiger charge is -2.24. The molecule has 31 heavy (non-hydrogen) atoms. The zero-order valence-electron chi connectivity index (χ0n) is 17.2. The number of thiazole rings is 1. The Bertz CT molecular complexity index is 1170. The molecule has 1 N–H and O–H groups in total. The van der Waals surface area contributed by atoms with Crippen molar-refractivity contribution in [2.75, 3.05) is 26.7 Å². The summed E-state index contributed by atoms with van der Waals surface area (Å²) in [6, 6.07) is 6.13. The van der Waals surface area contributed by atoms with Crippen molar-refractivity contribution < 1.29 is 14.4 Å². The zero-order chi connectivity index (χ0) is 21.1. The number of carbonyl (C=O) groups is 1. The topological polar surface area (TPSA) is 95.6 Å². The van der Waals surface area contributed by atoms with Gasteiger partial charge in [-0.25, -0.2) is 4.98 Å². The Morgan fingerprint density at radius 1 is 1.29 bits per heavy atom. The highest BCUT2D eigenvalue weighted by molar-refractivity contribution is 7.15. The minimum Gasteiger partial charge on any atom is -0.395 e. The van der Waals surface area contributed by atoms with E-state index in [9.17, 15) is 9.90 Å². The van der Waals surface area contributed by atoms with Gasteiger partial charge in [-0.05, 0) is 30.5 Å². The van der Waals surface area contributed by atoms with Crippen LogP contribution < -0.4 is 0 Å². The molecule has 0 spiro atoms. The molecule has 0 saturated carbocycles. The Morgan fingerprint density at radius 3 is 3.06 bits per heavy atom. The summed E-state index contributed by atoms with van der Waals surface area (Å²) in [5, 5.41) is 14.5. The van der Waals surface area contributed by atoms with Crippen LogP contribution in [-0.4, -0.2) is 62.7 Å². The fourth-order valence-corrected chi connectivity index (χ4v) is 6.37. The summed E-state index contributed by atoms with van der Waals surface area (Å²) in [4.78, 5) is 27.2. The molecule has 160 valence electrons. The molecule has 2 atom stereocenters. The van der Waals surface area contributed by atoms with Gasteiger partial charge in [-0.15, -0.1) is 11.3 Å². The molecule has 0 bridgehead atoms. The number of aromatic nitrogens is 3. The van der Waals surface area contributed by atoms with Crippen LogP contribution in [0.1, 0.15) is 34.2 Å². The molecule has 0 radical (unpaired) electrons. The van der Waals surface area contributed by atoms with E-state index in [1.807, 2.05) is 17.0 Å². The maximum absolute atomic E-state index is 12.4. The van der Waals surface area contributed by atoms with Gasteiger partial charge in [0.1, 0.15) is 0 Å². The molecule has 1 amide bonds. The Morgan fingerprint density at radius 2 is 2.19 bits per heavy atom. The number of likely N-dealkylation sites (tertiary alicyclic amines) is 1. The van der Waals surface area contributed by atoms with Crippen molar-refractivity contribution >= 4 is 17.2 Å². The van der Waals surface area contributed by atoms with Crippen molar-refractivity contribution in [3.63, 3.8) is 0 Å². The van der Waals surface area contributed by atoms with Crippen LogP contribution in [0.4, 0.5) is 0 Å². The number of β-amino-alcohol motifs (C(OH)–C–C–N with tert-alkyl or cyclic N) is 1. The van der Waals surface area contributed by atoms with E-state index in [1.54, 1.807) is 11.3 Å². The van der Waals surface area contributed by atoms with E-state index < -0.39 is 0 Å². The van der Waals surface area contributed by atoms with Crippen LogP contribution >= 0.6 is 11.3 Å². The summed E-state index contributed by atoms with van der Waals surface area (Å²) in [5.74, 6) is 1.40. The van der Waals surface area contributed by atoms with Gasteiger partial charge >= 0.3 is 0 Å². The molecule has 1 aliphatic carbocycles. The zero-order valence-corrected chi connectivity index (χ0v) is 18.1. The first kappa shape index (κ1) is 19.1. The number of likely N-dealkylation sites (N-methyl/N-ethyl adjacent to an activating group) is 1. The van der Waals surface area contributed by atoms with E-state index in [1.165, 1.54) is 10.4 Å². The average Bonchev–Trinajstić information content (AvgIpc) is 3.51. The van der Waals surface area contributed by atoms with Crippen LogP contribution in [0.3, 0.4) is 0 Å². The Labute approximate surface area is 183 Å². The number of amides is 1. The SMILES string of the molecule is CN1CCc2nc(-c3nc(-c4cccc5c4C[C@@H]4CC(=O)N(CCO)[C@H]54)no3)sc2C1. The second-order valence-electron chi connectivity index (χ2n) is 8.60. The van der Waals surface area contributed by atoms with Crippen LogP contribution in [0.5, 0.6) is 0 Å².